The minimum absolute atomic E-state index is 0.0720. The molecule has 0 radical (unpaired) electrons. The van der Waals surface area contributed by atoms with Gasteiger partial charge in [-0.2, -0.15) is 0 Å². The average Bonchev–Trinajstić information content (AvgIpc) is 3.17. The van der Waals surface area contributed by atoms with Crippen molar-refractivity contribution in [1.29, 1.82) is 0 Å². The van der Waals surface area contributed by atoms with Gasteiger partial charge in [0.25, 0.3) is 5.91 Å². The van der Waals surface area contributed by atoms with Crippen LogP contribution in [-0.4, -0.2) is 52.1 Å². The zero-order valence-corrected chi connectivity index (χ0v) is 15.4. The van der Waals surface area contributed by atoms with Gasteiger partial charge in [0.2, 0.25) is 0 Å². The molecule has 1 aliphatic rings. The third-order valence-electron chi connectivity index (χ3n) is 4.41. The molecule has 4 rings (SSSR count). The normalized spacial score (nSPS) is 14.2. The van der Waals surface area contributed by atoms with Crippen molar-refractivity contribution in [2.45, 2.75) is 0 Å². The molecule has 0 spiro atoms. The number of rotatable bonds is 4. The molecule has 1 saturated heterocycles. The number of nitrogens with one attached hydrogen (secondary N) is 1. The van der Waals surface area contributed by atoms with Crippen molar-refractivity contribution in [3.8, 4) is 5.75 Å². The molecule has 0 aliphatic carbocycles. The molecule has 1 amide bonds. The van der Waals surface area contributed by atoms with E-state index in [0.717, 1.165) is 5.69 Å². The lowest BCUT2D eigenvalue weighted by molar-refractivity contribution is 0.0741. The number of amides is 1. The molecule has 138 valence electrons. The summed E-state index contributed by atoms with van der Waals surface area (Å²) in [5.74, 6) is 0.890. The number of pyridine rings is 1. The molecular formula is C19H19N5O2S. The van der Waals surface area contributed by atoms with Crippen LogP contribution < -0.4 is 10.2 Å². The van der Waals surface area contributed by atoms with Crippen molar-refractivity contribution in [3.63, 3.8) is 0 Å². The Morgan fingerprint density at radius 2 is 1.85 bits per heavy atom. The van der Waals surface area contributed by atoms with Gasteiger partial charge in [-0.3, -0.25) is 4.79 Å². The lowest BCUT2D eigenvalue weighted by atomic mass is 10.2. The maximum atomic E-state index is 12.7. The first-order chi connectivity index (χ1) is 13.2. The van der Waals surface area contributed by atoms with E-state index in [1.54, 1.807) is 28.6 Å². The Balaban J connectivity index is 1.38. The van der Waals surface area contributed by atoms with Crippen LogP contribution in [0.25, 0.3) is 0 Å². The van der Waals surface area contributed by atoms with Crippen molar-refractivity contribution < 1.29 is 9.90 Å². The molecule has 8 heteroatoms. The van der Waals surface area contributed by atoms with Gasteiger partial charge < -0.3 is 20.2 Å². The van der Waals surface area contributed by atoms with Gasteiger partial charge in [-0.25, -0.2) is 9.97 Å². The van der Waals surface area contributed by atoms with Crippen LogP contribution in [0.3, 0.4) is 0 Å². The zero-order chi connectivity index (χ0) is 18.6. The Labute approximate surface area is 160 Å². The van der Waals surface area contributed by atoms with E-state index < -0.39 is 0 Å². The Hall–Kier alpha value is -3.13. The van der Waals surface area contributed by atoms with Gasteiger partial charge >= 0.3 is 0 Å². The number of carbonyl (C=O) groups excluding carboxylic acids is 1. The number of piperazine rings is 1. The topological polar surface area (TPSA) is 81.6 Å². The first-order valence-electron chi connectivity index (χ1n) is 8.66. The molecule has 27 heavy (non-hydrogen) atoms. The van der Waals surface area contributed by atoms with Crippen molar-refractivity contribution in [2.24, 2.45) is 0 Å². The molecule has 2 N–H and O–H groups in total. The summed E-state index contributed by atoms with van der Waals surface area (Å²) < 4.78 is 0. The average molecular weight is 381 g/mol. The number of hydrogen-bond donors (Lipinski definition) is 2. The lowest BCUT2D eigenvalue weighted by Crippen LogP contribution is -2.48. The minimum atomic E-state index is -0.0720. The van der Waals surface area contributed by atoms with Crippen molar-refractivity contribution in [1.82, 2.24) is 14.9 Å². The van der Waals surface area contributed by atoms with Gasteiger partial charge in [-0.05, 0) is 24.3 Å². The van der Waals surface area contributed by atoms with E-state index in [2.05, 4.69) is 20.2 Å². The minimum Gasteiger partial charge on any atom is -0.506 e. The fourth-order valence-electron chi connectivity index (χ4n) is 3.02. The standard InChI is InChI=1S/C19H19N5O2S/c25-16-6-2-1-5-15(16)23-9-11-24(12-10-23)18(26)14-13-27-19(21-14)22-17-7-3-4-8-20-17/h1-8,13,25H,9-12H2,(H,20,21,22). The van der Waals surface area contributed by atoms with Crippen LogP contribution in [-0.2, 0) is 0 Å². The fourth-order valence-corrected chi connectivity index (χ4v) is 3.71. The summed E-state index contributed by atoms with van der Waals surface area (Å²) in [5, 5.41) is 15.5. The largest absolute Gasteiger partial charge is 0.506 e. The monoisotopic (exact) mass is 381 g/mol. The smallest absolute Gasteiger partial charge is 0.273 e. The lowest BCUT2D eigenvalue weighted by Gasteiger charge is -2.36. The number of aromatic nitrogens is 2. The Morgan fingerprint density at radius 1 is 1.07 bits per heavy atom. The number of aromatic hydroxyl groups is 1. The molecular weight excluding hydrogens is 362 g/mol. The molecule has 7 nitrogen and oxygen atoms in total. The van der Waals surface area contributed by atoms with Crippen LogP contribution in [0.1, 0.15) is 10.5 Å². The van der Waals surface area contributed by atoms with Crippen LogP contribution in [0.15, 0.2) is 54.0 Å². The van der Waals surface area contributed by atoms with Crippen molar-refractivity contribution in [3.05, 3.63) is 59.7 Å². The molecule has 0 saturated carbocycles. The molecule has 2 aromatic heterocycles. The van der Waals surface area contributed by atoms with Gasteiger partial charge in [-0.1, -0.05) is 18.2 Å². The summed E-state index contributed by atoms with van der Waals surface area (Å²) in [6.45, 7) is 2.53. The summed E-state index contributed by atoms with van der Waals surface area (Å²) in [7, 11) is 0. The highest BCUT2D eigenvalue weighted by atomic mass is 32.1. The summed E-state index contributed by atoms with van der Waals surface area (Å²) in [6.07, 6.45) is 1.70. The van der Waals surface area contributed by atoms with Crippen LogP contribution in [0, 0.1) is 0 Å². The van der Waals surface area contributed by atoms with Crippen molar-refractivity contribution >= 4 is 33.9 Å². The number of hydrogen-bond acceptors (Lipinski definition) is 7. The van der Waals surface area contributed by atoms with Gasteiger partial charge in [0.15, 0.2) is 5.13 Å². The quantitative estimate of drug-likeness (QED) is 0.723. The number of benzene rings is 1. The molecule has 3 aromatic rings. The van der Waals surface area contributed by atoms with Gasteiger partial charge in [0.1, 0.15) is 17.3 Å². The highest BCUT2D eigenvalue weighted by molar-refractivity contribution is 7.14. The van der Waals surface area contributed by atoms with E-state index in [1.807, 2.05) is 30.3 Å². The van der Waals surface area contributed by atoms with Crippen LogP contribution >= 0.6 is 11.3 Å². The van der Waals surface area contributed by atoms with Gasteiger partial charge in [0.05, 0.1) is 5.69 Å². The van der Waals surface area contributed by atoms with E-state index in [0.29, 0.717) is 42.8 Å². The number of phenols is 1. The second-order valence-corrected chi connectivity index (χ2v) is 7.00. The molecule has 0 bridgehead atoms. The first-order valence-corrected chi connectivity index (χ1v) is 9.54. The molecule has 0 unspecified atom stereocenters. The predicted octanol–water partition coefficient (Wildman–Crippen LogP) is 2.95. The second kappa shape index (κ2) is 7.63. The first kappa shape index (κ1) is 17.3. The molecule has 1 aliphatic heterocycles. The Morgan fingerprint density at radius 3 is 2.59 bits per heavy atom. The van der Waals surface area contributed by atoms with E-state index in [9.17, 15) is 9.90 Å². The summed E-state index contributed by atoms with van der Waals surface area (Å²) in [4.78, 5) is 25.2. The molecule has 1 aromatic carbocycles. The van der Waals surface area contributed by atoms with Gasteiger partial charge in [0, 0.05) is 37.8 Å². The SMILES string of the molecule is O=C(c1csc(Nc2ccccn2)n1)N1CCN(c2ccccc2O)CC1. The molecule has 1 fully saturated rings. The van der Waals surface area contributed by atoms with Gasteiger partial charge in [-0.15, -0.1) is 11.3 Å². The Kier molecular flexibility index (Phi) is 4.88. The van der Waals surface area contributed by atoms with Crippen molar-refractivity contribution in [2.75, 3.05) is 36.4 Å². The van der Waals surface area contributed by atoms with E-state index in [1.165, 1.54) is 11.3 Å². The third kappa shape index (κ3) is 3.85. The number of para-hydroxylation sites is 2. The maximum Gasteiger partial charge on any atom is 0.273 e. The van der Waals surface area contributed by atoms with Crippen LogP contribution in [0.5, 0.6) is 5.75 Å². The van der Waals surface area contributed by atoms with E-state index >= 15 is 0 Å². The summed E-state index contributed by atoms with van der Waals surface area (Å²) in [6, 6.07) is 12.9. The number of thiazole rings is 1. The maximum absolute atomic E-state index is 12.7. The summed E-state index contributed by atoms with van der Waals surface area (Å²) in [5.41, 5.74) is 1.24. The molecule has 3 heterocycles. The van der Waals surface area contributed by atoms with E-state index in [4.69, 9.17) is 0 Å². The van der Waals surface area contributed by atoms with Crippen LogP contribution in [0.4, 0.5) is 16.6 Å². The number of carbonyl (C=O) groups is 1. The van der Waals surface area contributed by atoms with E-state index in [-0.39, 0.29) is 11.7 Å². The third-order valence-corrected chi connectivity index (χ3v) is 5.17. The van der Waals surface area contributed by atoms with Crippen LogP contribution in [0.2, 0.25) is 0 Å². The Bertz CT molecular complexity index is 923. The highest BCUT2D eigenvalue weighted by Crippen LogP contribution is 2.27. The number of nitrogens with zero attached hydrogens (tertiary/aromatic N) is 4. The predicted molar refractivity (Wildman–Crippen MR) is 106 cm³/mol. The summed E-state index contributed by atoms with van der Waals surface area (Å²) >= 11 is 1.38. The molecule has 0 atom stereocenters. The number of anilines is 3. The second-order valence-electron chi connectivity index (χ2n) is 6.15. The highest BCUT2D eigenvalue weighted by Gasteiger charge is 2.25. The fraction of sp³-hybridized carbons (Fsp3) is 0.211. The zero-order valence-electron chi connectivity index (χ0n) is 14.6. The number of phenolic OH excluding ortho intramolecular Hbond substituents is 1.